The number of hydrogen-bond acceptors (Lipinski definition) is 3. The molecule has 1 aliphatic rings. The minimum atomic E-state index is -0.243. The van der Waals surface area contributed by atoms with E-state index in [0.717, 1.165) is 25.8 Å². The van der Waals surface area contributed by atoms with E-state index in [2.05, 4.69) is 16.0 Å². The van der Waals surface area contributed by atoms with Gasteiger partial charge in [-0.15, -0.1) is 0 Å². The number of halogens is 1. The maximum absolute atomic E-state index is 12.0. The van der Waals surface area contributed by atoms with Gasteiger partial charge in [0.25, 0.3) is 0 Å². The fourth-order valence-electron chi connectivity index (χ4n) is 2.27. The second-order valence-corrected chi connectivity index (χ2v) is 5.50. The summed E-state index contributed by atoms with van der Waals surface area (Å²) in [4.78, 5) is 12.0. The number of hydrogen-bond donors (Lipinski definition) is 3. The number of para-hydroxylation sites is 1. The Balaban J connectivity index is 1.91. The van der Waals surface area contributed by atoms with E-state index in [9.17, 15) is 4.79 Å². The van der Waals surface area contributed by atoms with Crippen LogP contribution in [-0.4, -0.2) is 31.8 Å². The van der Waals surface area contributed by atoms with Crippen molar-refractivity contribution in [3.63, 3.8) is 0 Å². The van der Waals surface area contributed by atoms with Crippen molar-refractivity contribution in [1.82, 2.24) is 10.6 Å². The average Bonchev–Trinajstić information content (AvgIpc) is 2.98. The molecule has 1 fully saturated rings. The first-order valence-electron chi connectivity index (χ1n) is 7.40. The van der Waals surface area contributed by atoms with Gasteiger partial charge in [0.2, 0.25) is 0 Å². The van der Waals surface area contributed by atoms with Crippen LogP contribution in [0.5, 0.6) is 5.75 Å². The molecule has 3 N–H and O–H groups in total. The largest absolute Gasteiger partial charge is 0.490 e. The second kappa shape index (κ2) is 8.10. The van der Waals surface area contributed by atoms with Gasteiger partial charge in [0.05, 0.1) is 17.3 Å². The number of carbonyl (C=O) groups excluding carboxylic acids is 1. The van der Waals surface area contributed by atoms with E-state index in [1.165, 1.54) is 0 Å². The highest BCUT2D eigenvalue weighted by atomic mass is 35.5. The SMILES string of the molecule is CCCOc1c(Cl)cccc1NC(=O)NC[C@H]1CCCN1. The number of amides is 2. The third kappa shape index (κ3) is 4.79. The van der Waals surface area contributed by atoms with E-state index < -0.39 is 0 Å². The molecule has 1 heterocycles. The zero-order chi connectivity index (χ0) is 15.1. The topological polar surface area (TPSA) is 62.4 Å². The molecule has 0 aromatic heterocycles. The van der Waals surface area contributed by atoms with E-state index in [4.69, 9.17) is 16.3 Å². The van der Waals surface area contributed by atoms with Gasteiger partial charge >= 0.3 is 6.03 Å². The average molecular weight is 312 g/mol. The Hall–Kier alpha value is -1.46. The van der Waals surface area contributed by atoms with Crippen LogP contribution in [0.1, 0.15) is 26.2 Å². The minimum Gasteiger partial charge on any atom is -0.490 e. The van der Waals surface area contributed by atoms with E-state index >= 15 is 0 Å². The van der Waals surface area contributed by atoms with Crippen molar-refractivity contribution < 1.29 is 9.53 Å². The Morgan fingerprint density at radius 1 is 1.52 bits per heavy atom. The van der Waals surface area contributed by atoms with Gasteiger partial charge in [0.15, 0.2) is 5.75 Å². The molecule has 1 aromatic rings. The fourth-order valence-corrected chi connectivity index (χ4v) is 2.50. The zero-order valence-electron chi connectivity index (χ0n) is 12.2. The van der Waals surface area contributed by atoms with Gasteiger partial charge in [0.1, 0.15) is 0 Å². The highest BCUT2D eigenvalue weighted by Crippen LogP contribution is 2.32. The fraction of sp³-hybridized carbons (Fsp3) is 0.533. The second-order valence-electron chi connectivity index (χ2n) is 5.09. The molecular weight excluding hydrogens is 290 g/mol. The number of urea groups is 1. The molecular formula is C15H22ClN3O2. The predicted octanol–water partition coefficient (Wildman–Crippen LogP) is 3.00. The lowest BCUT2D eigenvalue weighted by molar-refractivity contribution is 0.251. The number of nitrogens with one attached hydrogen (secondary N) is 3. The lowest BCUT2D eigenvalue weighted by Crippen LogP contribution is -2.39. The lowest BCUT2D eigenvalue weighted by Gasteiger charge is -2.15. The van der Waals surface area contributed by atoms with Gasteiger partial charge < -0.3 is 20.7 Å². The normalized spacial score (nSPS) is 17.5. The van der Waals surface area contributed by atoms with Crippen molar-refractivity contribution in [1.29, 1.82) is 0 Å². The van der Waals surface area contributed by atoms with E-state index in [1.54, 1.807) is 18.2 Å². The van der Waals surface area contributed by atoms with Crippen LogP contribution in [-0.2, 0) is 0 Å². The van der Waals surface area contributed by atoms with Crippen LogP contribution in [0.25, 0.3) is 0 Å². The summed E-state index contributed by atoms with van der Waals surface area (Å²) >= 11 is 6.12. The molecule has 1 aliphatic heterocycles. The van der Waals surface area contributed by atoms with Gasteiger partial charge in [-0.05, 0) is 37.9 Å². The quantitative estimate of drug-likeness (QED) is 0.757. The first kappa shape index (κ1) is 15.9. The van der Waals surface area contributed by atoms with Crippen molar-refractivity contribution in [2.24, 2.45) is 0 Å². The van der Waals surface area contributed by atoms with Crippen LogP contribution in [0, 0.1) is 0 Å². The standard InChI is InChI=1S/C15H22ClN3O2/c1-2-9-21-14-12(16)6-3-7-13(14)19-15(20)18-10-11-5-4-8-17-11/h3,6-7,11,17H,2,4-5,8-10H2,1H3,(H2,18,19,20)/t11-/m1/s1. The molecule has 1 saturated heterocycles. The van der Waals surface area contributed by atoms with Crippen LogP contribution in [0.2, 0.25) is 5.02 Å². The number of ether oxygens (including phenoxy) is 1. The summed E-state index contributed by atoms with van der Waals surface area (Å²) in [6.07, 6.45) is 3.14. The van der Waals surface area contributed by atoms with Gasteiger partial charge in [-0.25, -0.2) is 4.79 Å². The summed E-state index contributed by atoms with van der Waals surface area (Å²) < 4.78 is 5.61. The molecule has 1 atom stereocenters. The molecule has 6 heteroatoms. The molecule has 0 bridgehead atoms. The Labute approximate surface area is 130 Å². The van der Waals surface area contributed by atoms with Gasteiger partial charge in [-0.1, -0.05) is 24.6 Å². The minimum absolute atomic E-state index is 0.243. The summed E-state index contributed by atoms with van der Waals surface area (Å²) in [6, 6.07) is 5.44. The Morgan fingerprint density at radius 2 is 2.38 bits per heavy atom. The third-order valence-corrected chi connectivity index (χ3v) is 3.63. The van der Waals surface area contributed by atoms with Gasteiger partial charge in [-0.2, -0.15) is 0 Å². The summed E-state index contributed by atoms with van der Waals surface area (Å²) in [5.41, 5.74) is 0.591. The predicted molar refractivity (Wildman–Crippen MR) is 85.3 cm³/mol. The molecule has 1 aromatic carbocycles. The van der Waals surface area contributed by atoms with E-state index in [-0.39, 0.29) is 6.03 Å². The Morgan fingerprint density at radius 3 is 3.10 bits per heavy atom. The number of rotatable bonds is 6. The Bertz CT molecular complexity index is 476. The third-order valence-electron chi connectivity index (χ3n) is 3.34. The van der Waals surface area contributed by atoms with Crippen LogP contribution in [0.4, 0.5) is 10.5 Å². The molecule has 0 saturated carbocycles. The maximum atomic E-state index is 12.0. The summed E-state index contributed by atoms with van der Waals surface area (Å²) in [5.74, 6) is 0.523. The highest BCUT2D eigenvalue weighted by molar-refractivity contribution is 6.32. The van der Waals surface area contributed by atoms with Crippen molar-refractivity contribution >= 4 is 23.3 Å². The van der Waals surface area contributed by atoms with Gasteiger partial charge in [-0.3, -0.25) is 0 Å². The smallest absolute Gasteiger partial charge is 0.319 e. The van der Waals surface area contributed by atoms with Gasteiger partial charge in [0, 0.05) is 12.6 Å². The lowest BCUT2D eigenvalue weighted by atomic mass is 10.2. The molecule has 2 rings (SSSR count). The van der Waals surface area contributed by atoms with Crippen LogP contribution in [0.3, 0.4) is 0 Å². The summed E-state index contributed by atoms with van der Waals surface area (Å²) in [6.45, 7) is 4.23. The van der Waals surface area contributed by atoms with Crippen LogP contribution >= 0.6 is 11.6 Å². The molecule has 116 valence electrons. The molecule has 0 unspecified atom stereocenters. The van der Waals surface area contributed by atoms with Crippen molar-refractivity contribution in [2.45, 2.75) is 32.2 Å². The molecule has 0 radical (unpaired) electrons. The Kier molecular flexibility index (Phi) is 6.14. The zero-order valence-corrected chi connectivity index (χ0v) is 13.0. The molecule has 0 aliphatic carbocycles. The van der Waals surface area contributed by atoms with E-state index in [1.807, 2.05) is 6.92 Å². The molecule has 21 heavy (non-hydrogen) atoms. The van der Waals surface area contributed by atoms with E-state index in [0.29, 0.717) is 35.7 Å². The van der Waals surface area contributed by atoms with Crippen molar-refractivity contribution in [3.8, 4) is 5.75 Å². The van der Waals surface area contributed by atoms with Crippen LogP contribution in [0.15, 0.2) is 18.2 Å². The van der Waals surface area contributed by atoms with Crippen molar-refractivity contribution in [3.05, 3.63) is 23.2 Å². The summed E-state index contributed by atoms with van der Waals surface area (Å²) in [5, 5.41) is 9.50. The highest BCUT2D eigenvalue weighted by Gasteiger charge is 2.16. The van der Waals surface area contributed by atoms with Crippen LogP contribution < -0.4 is 20.7 Å². The molecule has 2 amide bonds. The maximum Gasteiger partial charge on any atom is 0.319 e. The monoisotopic (exact) mass is 311 g/mol. The summed E-state index contributed by atoms with van der Waals surface area (Å²) in [7, 11) is 0. The molecule has 5 nitrogen and oxygen atoms in total. The first-order chi connectivity index (χ1) is 10.2. The first-order valence-corrected chi connectivity index (χ1v) is 7.78. The van der Waals surface area contributed by atoms with Crippen molar-refractivity contribution in [2.75, 3.05) is 25.0 Å². The number of anilines is 1. The number of benzene rings is 1. The molecule has 0 spiro atoms. The number of carbonyl (C=O) groups is 1.